The number of ether oxygens (including phenoxy) is 3. The van der Waals surface area contributed by atoms with Gasteiger partial charge in [-0.1, -0.05) is 41.7 Å². The van der Waals surface area contributed by atoms with Crippen molar-refractivity contribution < 1.29 is 19.0 Å². The zero-order chi connectivity index (χ0) is 25.1. The Bertz CT molecular complexity index is 1450. The number of carbonyl (C=O) groups is 1. The summed E-state index contributed by atoms with van der Waals surface area (Å²) in [4.78, 5) is 32.0. The Morgan fingerprint density at radius 2 is 1.89 bits per heavy atom. The molecule has 0 saturated carbocycles. The average Bonchev–Trinajstić information content (AvgIpc) is 3.13. The van der Waals surface area contributed by atoms with E-state index in [0.717, 1.165) is 11.1 Å². The summed E-state index contributed by atoms with van der Waals surface area (Å²) in [6.07, 6.45) is 1.50. The maximum atomic E-state index is 13.7. The molecule has 182 valence electrons. The van der Waals surface area contributed by atoms with Gasteiger partial charge in [0.25, 0.3) is 5.56 Å². The van der Waals surface area contributed by atoms with Crippen molar-refractivity contribution >= 4 is 23.4 Å². The van der Waals surface area contributed by atoms with Gasteiger partial charge in [-0.15, -0.1) is 0 Å². The number of fused-ring (bicyclic) bond motifs is 1. The third-order valence-corrected chi connectivity index (χ3v) is 6.50. The average molecular weight is 493 g/mol. The number of para-hydroxylation sites is 1. The number of carbonyl (C=O) groups excluding carboxylic acids is 1. The standard InChI is InChI=1S/C27H28N2O5S/c1-6-33-21-10-8-7-9-19(21)15-22-25(30)29-24(18-11-13-20(32-5)14-12-18)23(26(31)34-16(2)3)17(4)28-27(29)35-22/h7-16,24H,6H2,1-5H3/b22-15-. The summed E-state index contributed by atoms with van der Waals surface area (Å²) in [6, 6.07) is 14.2. The first kappa shape index (κ1) is 24.5. The molecule has 0 aliphatic carbocycles. The van der Waals surface area contributed by atoms with E-state index in [9.17, 15) is 9.59 Å². The Morgan fingerprint density at radius 1 is 1.17 bits per heavy atom. The number of rotatable bonds is 7. The van der Waals surface area contributed by atoms with Crippen LogP contribution in [0.15, 0.2) is 69.6 Å². The van der Waals surface area contributed by atoms with Gasteiger partial charge in [-0.05, 0) is 57.5 Å². The molecule has 8 heteroatoms. The van der Waals surface area contributed by atoms with Gasteiger partial charge in [-0.25, -0.2) is 9.79 Å². The van der Waals surface area contributed by atoms with Gasteiger partial charge in [0.05, 0.1) is 41.7 Å². The Morgan fingerprint density at radius 3 is 2.54 bits per heavy atom. The molecular formula is C27H28N2O5S. The molecule has 1 atom stereocenters. The molecule has 1 unspecified atom stereocenters. The molecule has 2 heterocycles. The largest absolute Gasteiger partial charge is 0.497 e. The van der Waals surface area contributed by atoms with Crippen molar-refractivity contribution in [1.29, 1.82) is 0 Å². The molecule has 0 saturated heterocycles. The molecule has 0 fully saturated rings. The van der Waals surface area contributed by atoms with E-state index in [4.69, 9.17) is 14.2 Å². The lowest BCUT2D eigenvalue weighted by atomic mass is 9.96. The summed E-state index contributed by atoms with van der Waals surface area (Å²) in [6.45, 7) is 7.79. The lowest BCUT2D eigenvalue weighted by Gasteiger charge is -2.25. The predicted molar refractivity (Wildman–Crippen MR) is 136 cm³/mol. The normalized spacial score (nSPS) is 15.6. The molecule has 1 aromatic heterocycles. The maximum absolute atomic E-state index is 13.7. The Hall–Kier alpha value is -3.65. The van der Waals surface area contributed by atoms with Crippen LogP contribution in [0.5, 0.6) is 11.5 Å². The second-order valence-corrected chi connectivity index (χ2v) is 9.29. The number of hydrogen-bond acceptors (Lipinski definition) is 7. The molecule has 7 nitrogen and oxygen atoms in total. The van der Waals surface area contributed by atoms with Crippen LogP contribution in [0, 0.1) is 0 Å². The Labute approximate surface area is 207 Å². The van der Waals surface area contributed by atoms with Crippen molar-refractivity contribution in [3.05, 3.63) is 90.6 Å². The molecule has 0 amide bonds. The molecule has 35 heavy (non-hydrogen) atoms. The highest BCUT2D eigenvalue weighted by Gasteiger charge is 2.33. The van der Waals surface area contributed by atoms with Gasteiger partial charge in [0, 0.05) is 5.56 Å². The van der Waals surface area contributed by atoms with Crippen LogP contribution in [-0.2, 0) is 9.53 Å². The lowest BCUT2D eigenvalue weighted by Crippen LogP contribution is -2.40. The lowest BCUT2D eigenvalue weighted by molar-refractivity contribution is -0.143. The van der Waals surface area contributed by atoms with E-state index in [1.165, 1.54) is 11.3 Å². The van der Waals surface area contributed by atoms with Crippen LogP contribution in [0.2, 0.25) is 0 Å². The molecule has 0 radical (unpaired) electrons. The summed E-state index contributed by atoms with van der Waals surface area (Å²) in [7, 11) is 1.59. The van der Waals surface area contributed by atoms with E-state index < -0.39 is 12.0 Å². The van der Waals surface area contributed by atoms with Gasteiger partial charge < -0.3 is 14.2 Å². The van der Waals surface area contributed by atoms with Crippen molar-refractivity contribution in [2.24, 2.45) is 4.99 Å². The van der Waals surface area contributed by atoms with E-state index in [2.05, 4.69) is 4.99 Å². The zero-order valence-electron chi connectivity index (χ0n) is 20.4. The van der Waals surface area contributed by atoms with Crippen molar-refractivity contribution in [3.63, 3.8) is 0 Å². The quantitative estimate of drug-likeness (QED) is 0.471. The van der Waals surface area contributed by atoms with Crippen LogP contribution in [0.1, 0.15) is 44.9 Å². The minimum absolute atomic E-state index is 0.233. The van der Waals surface area contributed by atoms with Crippen molar-refractivity contribution in [2.45, 2.75) is 39.8 Å². The summed E-state index contributed by atoms with van der Waals surface area (Å²) < 4.78 is 18.6. The van der Waals surface area contributed by atoms with Crippen LogP contribution >= 0.6 is 11.3 Å². The Balaban J connectivity index is 1.93. The predicted octanol–water partition coefficient (Wildman–Crippen LogP) is 3.59. The minimum Gasteiger partial charge on any atom is -0.497 e. The first-order chi connectivity index (χ1) is 16.8. The third kappa shape index (κ3) is 4.93. The smallest absolute Gasteiger partial charge is 0.338 e. The first-order valence-corrected chi connectivity index (χ1v) is 12.2. The molecule has 0 spiro atoms. The molecule has 1 aliphatic heterocycles. The number of nitrogens with zero attached hydrogens (tertiary/aromatic N) is 2. The van der Waals surface area contributed by atoms with Gasteiger partial charge in [0.15, 0.2) is 4.80 Å². The van der Waals surface area contributed by atoms with Crippen LogP contribution in [-0.4, -0.2) is 30.4 Å². The van der Waals surface area contributed by atoms with Gasteiger partial charge in [0.1, 0.15) is 11.5 Å². The fourth-order valence-electron chi connectivity index (χ4n) is 3.99. The van der Waals surface area contributed by atoms with E-state index in [1.807, 2.05) is 61.5 Å². The molecule has 4 rings (SSSR count). The molecule has 3 aromatic rings. The molecule has 0 N–H and O–H groups in total. The van der Waals surface area contributed by atoms with Gasteiger partial charge in [-0.2, -0.15) is 0 Å². The van der Waals surface area contributed by atoms with E-state index in [0.29, 0.717) is 38.7 Å². The van der Waals surface area contributed by atoms with Gasteiger partial charge in [0.2, 0.25) is 0 Å². The summed E-state index contributed by atoms with van der Waals surface area (Å²) >= 11 is 1.28. The molecular weight excluding hydrogens is 464 g/mol. The molecule has 1 aliphatic rings. The number of methoxy groups -OCH3 is 1. The van der Waals surface area contributed by atoms with Crippen molar-refractivity contribution in [1.82, 2.24) is 4.57 Å². The first-order valence-electron chi connectivity index (χ1n) is 11.4. The van der Waals surface area contributed by atoms with Gasteiger partial charge in [-0.3, -0.25) is 9.36 Å². The number of allylic oxidation sites excluding steroid dienone is 1. The highest BCUT2D eigenvalue weighted by molar-refractivity contribution is 7.07. The van der Waals surface area contributed by atoms with E-state index in [1.54, 1.807) is 32.4 Å². The number of benzene rings is 2. The van der Waals surface area contributed by atoms with Crippen molar-refractivity contribution in [2.75, 3.05) is 13.7 Å². The number of hydrogen-bond donors (Lipinski definition) is 0. The minimum atomic E-state index is -0.673. The topological polar surface area (TPSA) is 79.1 Å². The monoisotopic (exact) mass is 492 g/mol. The highest BCUT2D eigenvalue weighted by Crippen LogP contribution is 2.32. The number of thiazole rings is 1. The second-order valence-electron chi connectivity index (χ2n) is 8.28. The third-order valence-electron chi connectivity index (χ3n) is 5.52. The van der Waals surface area contributed by atoms with Crippen LogP contribution in [0.25, 0.3) is 6.08 Å². The Kier molecular flexibility index (Phi) is 7.21. The zero-order valence-corrected chi connectivity index (χ0v) is 21.2. The number of aromatic nitrogens is 1. The second kappa shape index (κ2) is 10.3. The highest BCUT2D eigenvalue weighted by atomic mass is 32.1. The van der Waals surface area contributed by atoms with Crippen LogP contribution in [0.4, 0.5) is 0 Å². The molecule has 0 bridgehead atoms. The fourth-order valence-corrected chi connectivity index (χ4v) is 5.03. The van der Waals surface area contributed by atoms with Crippen LogP contribution < -0.4 is 24.4 Å². The summed E-state index contributed by atoms with van der Waals surface area (Å²) in [5.74, 6) is 0.892. The molecule has 2 aromatic carbocycles. The van der Waals surface area contributed by atoms with Crippen LogP contribution in [0.3, 0.4) is 0 Å². The summed E-state index contributed by atoms with van der Waals surface area (Å²) in [5.41, 5.74) is 2.20. The van der Waals surface area contributed by atoms with E-state index >= 15 is 0 Å². The van der Waals surface area contributed by atoms with Gasteiger partial charge >= 0.3 is 5.97 Å². The van der Waals surface area contributed by atoms with E-state index in [-0.39, 0.29) is 11.7 Å². The SMILES string of the molecule is CCOc1ccccc1/C=c1\sc2n(c1=O)C(c1ccc(OC)cc1)C(C(=O)OC(C)C)=C(C)N=2. The van der Waals surface area contributed by atoms with Crippen molar-refractivity contribution in [3.8, 4) is 11.5 Å². The summed E-state index contributed by atoms with van der Waals surface area (Å²) in [5, 5.41) is 0. The maximum Gasteiger partial charge on any atom is 0.338 e. The fraction of sp³-hybridized carbons (Fsp3) is 0.296. The number of esters is 1.